The van der Waals surface area contributed by atoms with Gasteiger partial charge < -0.3 is 9.88 Å². The molecule has 164 valence electrons. The molecule has 2 aromatic carbocycles. The Kier molecular flexibility index (Phi) is 5.65. The number of hydrogen-bond donors (Lipinski definition) is 1. The van der Waals surface area contributed by atoms with E-state index in [9.17, 15) is 14.4 Å². The number of amides is 1. The van der Waals surface area contributed by atoms with Gasteiger partial charge >= 0.3 is 0 Å². The van der Waals surface area contributed by atoms with E-state index < -0.39 is 0 Å². The summed E-state index contributed by atoms with van der Waals surface area (Å²) in [5.41, 5.74) is 1.60. The van der Waals surface area contributed by atoms with Gasteiger partial charge in [-0.25, -0.2) is 0 Å². The maximum atomic E-state index is 13.1. The normalized spacial score (nSPS) is 12.4. The van der Waals surface area contributed by atoms with E-state index in [0.29, 0.717) is 34.1 Å². The van der Waals surface area contributed by atoms with Gasteiger partial charge in [0.15, 0.2) is 22.5 Å². The second-order valence-corrected chi connectivity index (χ2v) is 9.19. The lowest BCUT2D eigenvalue weighted by Gasteiger charge is -2.20. The SMILES string of the molecule is CCn1c(SCC(=O)Nc2cccc3c2C(=O)c2ccccc2C3=O)nnc1-c1cccs1. The van der Waals surface area contributed by atoms with E-state index in [1.165, 1.54) is 11.8 Å². The van der Waals surface area contributed by atoms with E-state index in [2.05, 4.69) is 15.5 Å². The Balaban J connectivity index is 1.35. The van der Waals surface area contributed by atoms with Gasteiger partial charge in [0.1, 0.15) is 0 Å². The lowest BCUT2D eigenvalue weighted by Crippen LogP contribution is -2.24. The zero-order valence-electron chi connectivity index (χ0n) is 17.6. The van der Waals surface area contributed by atoms with E-state index >= 15 is 0 Å². The average Bonchev–Trinajstić information content (AvgIpc) is 3.50. The van der Waals surface area contributed by atoms with Gasteiger partial charge in [0.25, 0.3) is 0 Å². The number of thiophene rings is 1. The molecule has 0 radical (unpaired) electrons. The van der Waals surface area contributed by atoms with Gasteiger partial charge in [0.05, 0.1) is 21.9 Å². The van der Waals surface area contributed by atoms with Crippen LogP contribution in [0, 0.1) is 0 Å². The number of fused-ring (bicyclic) bond motifs is 2. The predicted molar refractivity (Wildman–Crippen MR) is 128 cm³/mol. The van der Waals surface area contributed by atoms with Crippen molar-refractivity contribution in [2.75, 3.05) is 11.1 Å². The van der Waals surface area contributed by atoms with Crippen LogP contribution in [0.5, 0.6) is 0 Å². The van der Waals surface area contributed by atoms with E-state index in [4.69, 9.17) is 0 Å². The third-order valence-electron chi connectivity index (χ3n) is 5.33. The highest BCUT2D eigenvalue weighted by atomic mass is 32.2. The Labute approximate surface area is 197 Å². The van der Waals surface area contributed by atoms with Gasteiger partial charge in [-0.15, -0.1) is 21.5 Å². The number of nitrogens with zero attached hydrogens (tertiary/aromatic N) is 3. The molecule has 0 aliphatic heterocycles. The predicted octanol–water partition coefficient (Wildman–Crippen LogP) is 4.53. The minimum Gasteiger partial charge on any atom is -0.325 e. The monoisotopic (exact) mass is 474 g/mol. The van der Waals surface area contributed by atoms with E-state index in [-0.39, 0.29) is 28.8 Å². The molecule has 5 rings (SSSR count). The smallest absolute Gasteiger partial charge is 0.234 e. The molecular formula is C24H18N4O3S2. The maximum Gasteiger partial charge on any atom is 0.234 e. The van der Waals surface area contributed by atoms with Crippen LogP contribution in [0.3, 0.4) is 0 Å². The van der Waals surface area contributed by atoms with E-state index in [1.54, 1.807) is 53.8 Å². The number of ketones is 2. The summed E-state index contributed by atoms with van der Waals surface area (Å²) in [6, 6.07) is 15.6. The molecule has 0 saturated heterocycles. The molecule has 1 aliphatic rings. The topological polar surface area (TPSA) is 94.0 Å². The molecule has 4 aromatic rings. The van der Waals surface area contributed by atoms with Gasteiger partial charge in [-0.05, 0) is 24.4 Å². The summed E-state index contributed by atoms with van der Waals surface area (Å²) in [6.45, 7) is 2.67. The first-order valence-electron chi connectivity index (χ1n) is 10.3. The molecule has 1 aliphatic carbocycles. The van der Waals surface area contributed by atoms with Crippen molar-refractivity contribution >= 4 is 46.3 Å². The minimum atomic E-state index is -0.296. The first-order valence-corrected chi connectivity index (χ1v) is 12.2. The first kappa shape index (κ1) is 21.3. The largest absolute Gasteiger partial charge is 0.325 e. The molecular weight excluding hydrogens is 456 g/mol. The molecule has 9 heteroatoms. The molecule has 1 amide bonds. The molecule has 33 heavy (non-hydrogen) atoms. The number of rotatable bonds is 6. The molecule has 0 bridgehead atoms. The quantitative estimate of drug-likeness (QED) is 0.363. The molecule has 0 spiro atoms. The number of anilines is 1. The zero-order valence-corrected chi connectivity index (χ0v) is 19.2. The van der Waals surface area contributed by atoms with Crippen LogP contribution in [-0.2, 0) is 11.3 Å². The summed E-state index contributed by atoms with van der Waals surface area (Å²) in [6.07, 6.45) is 0. The fraction of sp³-hybridized carbons (Fsp3) is 0.125. The van der Waals surface area contributed by atoms with Gasteiger partial charge in [0.2, 0.25) is 5.91 Å². The lowest BCUT2D eigenvalue weighted by atomic mass is 9.83. The Morgan fingerprint density at radius 3 is 2.45 bits per heavy atom. The minimum absolute atomic E-state index is 0.0883. The highest BCUT2D eigenvalue weighted by Gasteiger charge is 2.31. The number of carbonyl (C=O) groups excluding carboxylic acids is 3. The fourth-order valence-corrected chi connectivity index (χ4v) is 5.35. The maximum absolute atomic E-state index is 13.1. The summed E-state index contributed by atoms with van der Waals surface area (Å²) in [7, 11) is 0. The van der Waals surface area contributed by atoms with Crippen molar-refractivity contribution in [3.63, 3.8) is 0 Å². The van der Waals surface area contributed by atoms with Crippen molar-refractivity contribution in [2.24, 2.45) is 0 Å². The summed E-state index contributed by atoms with van der Waals surface area (Å²) in [5, 5.41) is 14.0. The van der Waals surface area contributed by atoms with Crippen LogP contribution < -0.4 is 5.32 Å². The van der Waals surface area contributed by atoms with Gasteiger partial charge in [0, 0.05) is 23.2 Å². The molecule has 0 saturated carbocycles. The van der Waals surface area contributed by atoms with Crippen LogP contribution >= 0.6 is 23.1 Å². The van der Waals surface area contributed by atoms with E-state index in [1.807, 2.05) is 29.0 Å². The summed E-state index contributed by atoms with van der Waals surface area (Å²) >= 11 is 2.86. The van der Waals surface area contributed by atoms with Gasteiger partial charge in [-0.2, -0.15) is 0 Å². The number of benzene rings is 2. The van der Waals surface area contributed by atoms with Crippen LogP contribution in [-0.4, -0.2) is 38.0 Å². The number of thioether (sulfide) groups is 1. The van der Waals surface area contributed by atoms with Gasteiger partial charge in [-0.1, -0.05) is 54.2 Å². The Hall–Kier alpha value is -3.56. The summed E-state index contributed by atoms with van der Waals surface area (Å²) < 4.78 is 1.97. The molecule has 0 fully saturated rings. The molecule has 2 aromatic heterocycles. The zero-order chi connectivity index (χ0) is 22.9. The van der Waals surface area contributed by atoms with Crippen molar-refractivity contribution in [2.45, 2.75) is 18.6 Å². The Bertz CT molecular complexity index is 1390. The lowest BCUT2D eigenvalue weighted by molar-refractivity contribution is -0.113. The second-order valence-electron chi connectivity index (χ2n) is 7.30. The van der Waals surface area contributed by atoms with Crippen molar-refractivity contribution in [3.8, 4) is 10.7 Å². The van der Waals surface area contributed by atoms with Gasteiger partial charge in [-0.3, -0.25) is 14.4 Å². The summed E-state index contributed by atoms with van der Waals surface area (Å²) in [5.74, 6) is 0.0781. The molecule has 1 N–H and O–H groups in total. The van der Waals surface area contributed by atoms with Crippen molar-refractivity contribution in [1.82, 2.24) is 14.8 Å². The number of nitrogens with one attached hydrogen (secondary N) is 1. The fourth-order valence-electron chi connectivity index (χ4n) is 3.83. The average molecular weight is 475 g/mol. The number of carbonyl (C=O) groups is 3. The second kappa shape index (κ2) is 8.76. The summed E-state index contributed by atoms with van der Waals surface area (Å²) in [4.78, 5) is 39.8. The van der Waals surface area contributed by atoms with E-state index in [0.717, 1.165) is 10.7 Å². The van der Waals surface area contributed by atoms with Crippen LogP contribution in [0.4, 0.5) is 5.69 Å². The van der Waals surface area contributed by atoms with Crippen LogP contribution in [0.15, 0.2) is 65.1 Å². The van der Waals surface area contributed by atoms with Crippen molar-refractivity contribution in [1.29, 1.82) is 0 Å². The third kappa shape index (κ3) is 3.79. The highest BCUT2D eigenvalue weighted by Crippen LogP contribution is 2.32. The molecule has 2 heterocycles. The van der Waals surface area contributed by atoms with Crippen molar-refractivity contribution in [3.05, 3.63) is 82.2 Å². The Morgan fingerprint density at radius 1 is 0.970 bits per heavy atom. The number of hydrogen-bond acceptors (Lipinski definition) is 7. The number of aromatic nitrogens is 3. The molecule has 7 nitrogen and oxygen atoms in total. The third-order valence-corrected chi connectivity index (χ3v) is 7.17. The highest BCUT2D eigenvalue weighted by molar-refractivity contribution is 7.99. The van der Waals surface area contributed by atoms with Crippen molar-refractivity contribution < 1.29 is 14.4 Å². The first-order chi connectivity index (χ1) is 16.1. The van der Waals surface area contributed by atoms with Crippen LogP contribution in [0.2, 0.25) is 0 Å². The Morgan fingerprint density at radius 2 is 1.73 bits per heavy atom. The van der Waals surface area contributed by atoms with Crippen LogP contribution in [0.1, 0.15) is 38.8 Å². The molecule has 0 unspecified atom stereocenters. The standard InChI is InChI=1S/C24H18N4O3S2/c1-2-28-23(18-11-6-12-32-18)26-27-24(28)33-13-19(29)25-17-10-5-9-16-20(17)22(31)15-8-4-3-7-14(15)21(16)30/h3-12H,2,13H2,1H3,(H,25,29). The molecule has 0 atom stereocenters. The van der Waals surface area contributed by atoms with Crippen LogP contribution in [0.25, 0.3) is 10.7 Å².